The van der Waals surface area contributed by atoms with Crippen molar-refractivity contribution < 1.29 is 19.1 Å². The first-order valence-corrected chi connectivity index (χ1v) is 13.3. The molecule has 4 aliphatic heterocycles. The minimum Gasteiger partial charge on any atom is -0.489 e. The maximum absolute atomic E-state index is 13.2. The van der Waals surface area contributed by atoms with Gasteiger partial charge in [-0.1, -0.05) is 36.8 Å². The third-order valence-corrected chi connectivity index (χ3v) is 9.20. The average molecular weight is 486 g/mol. The second-order valence-electron chi connectivity index (χ2n) is 11.2. The molecule has 36 heavy (non-hydrogen) atoms. The standard InChI is InChI=1S/C29H31N3O4/c33-26-20-13-29(14-20,28(35)30-26)32-17-19-12-22(10-11-23(19)27(32)34)36-25-9-5-4-8-24(25)31-15-21(16-31)18-6-2-1-3-7-18/h1-3,6-7,10-12,20-21,24-25H,4-5,8-9,13-17H2,(H,30,33,35)/t20?,24-,25-,29?/m1/s1. The van der Waals surface area contributed by atoms with Crippen molar-refractivity contribution in [3.63, 3.8) is 0 Å². The predicted molar refractivity (Wildman–Crippen MR) is 132 cm³/mol. The molecule has 3 amide bonds. The van der Waals surface area contributed by atoms with Crippen molar-refractivity contribution in [2.24, 2.45) is 5.92 Å². The Hall–Kier alpha value is -3.19. The van der Waals surface area contributed by atoms with Crippen LogP contribution in [0, 0.1) is 5.92 Å². The Labute approximate surface area is 210 Å². The van der Waals surface area contributed by atoms with Crippen molar-refractivity contribution in [3.05, 3.63) is 65.2 Å². The van der Waals surface area contributed by atoms with Gasteiger partial charge < -0.3 is 9.64 Å². The predicted octanol–water partition coefficient (Wildman–Crippen LogP) is 3.24. The normalized spacial score (nSPS) is 31.9. The third kappa shape index (κ3) is 3.32. The number of likely N-dealkylation sites (tertiary alicyclic amines) is 1. The Balaban J connectivity index is 1.04. The van der Waals surface area contributed by atoms with Crippen LogP contribution in [0.5, 0.6) is 5.75 Å². The Morgan fingerprint density at radius 2 is 1.69 bits per heavy atom. The highest BCUT2D eigenvalue weighted by molar-refractivity contribution is 6.10. The fourth-order valence-electron chi connectivity index (χ4n) is 7.04. The number of carbonyl (C=O) groups excluding carboxylic acids is 3. The molecular weight excluding hydrogens is 454 g/mol. The summed E-state index contributed by atoms with van der Waals surface area (Å²) in [5.41, 5.74) is 2.08. The van der Waals surface area contributed by atoms with Crippen LogP contribution < -0.4 is 10.1 Å². The topological polar surface area (TPSA) is 79.0 Å². The first-order chi connectivity index (χ1) is 17.5. The van der Waals surface area contributed by atoms with Crippen LogP contribution in [0.2, 0.25) is 0 Å². The van der Waals surface area contributed by atoms with Crippen molar-refractivity contribution in [3.8, 4) is 5.75 Å². The van der Waals surface area contributed by atoms with Gasteiger partial charge in [0.15, 0.2) is 0 Å². The largest absolute Gasteiger partial charge is 0.489 e. The molecule has 7 heteroatoms. The van der Waals surface area contributed by atoms with Crippen molar-refractivity contribution in [2.75, 3.05) is 13.1 Å². The van der Waals surface area contributed by atoms with Crippen LogP contribution in [-0.2, 0) is 16.1 Å². The van der Waals surface area contributed by atoms with Crippen LogP contribution in [0.15, 0.2) is 48.5 Å². The number of nitrogens with one attached hydrogen (secondary N) is 1. The molecule has 2 aromatic carbocycles. The lowest BCUT2D eigenvalue weighted by atomic mass is 9.63. The Bertz CT molecular complexity index is 1230. The Morgan fingerprint density at radius 1 is 0.917 bits per heavy atom. The molecule has 2 atom stereocenters. The number of carbonyl (C=O) groups is 3. The summed E-state index contributed by atoms with van der Waals surface area (Å²) in [7, 11) is 0. The van der Waals surface area contributed by atoms with Crippen LogP contribution in [0.25, 0.3) is 0 Å². The molecule has 1 N–H and O–H groups in total. The molecule has 5 fully saturated rings. The lowest BCUT2D eigenvalue weighted by Gasteiger charge is -2.53. The number of fused-ring (bicyclic) bond motifs is 3. The molecule has 8 rings (SSSR count). The summed E-state index contributed by atoms with van der Waals surface area (Å²) >= 11 is 0. The van der Waals surface area contributed by atoms with Gasteiger partial charge in [-0.3, -0.25) is 24.6 Å². The maximum Gasteiger partial charge on any atom is 0.255 e. The van der Waals surface area contributed by atoms with Crippen LogP contribution in [0.1, 0.15) is 65.9 Å². The van der Waals surface area contributed by atoms with Gasteiger partial charge in [0.1, 0.15) is 17.4 Å². The van der Waals surface area contributed by atoms with E-state index in [-0.39, 0.29) is 29.7 Å². The molecule has 0 aromatic heterocycles. The summed E-state index contributed by atoms with van der Waals surface area (Å²) in [5, 5.41) is 2.45. The molecule has 3 saturated heterocycles. The van der Waals surface area contributed by atoms with Gasteiger partial charge >= 0.3 is 0 Å². The van der Waals surface area contributed by atoms with Gasteiger partial charge in [-0.05, 0) is 61.4 Å². The first kappa shape index (κ1) is 22.0. The molecule has 2 aromatic rings. The van der Waals surface area contributed by atoms with E-state index in [0.29, 0.717) is 36.9 Å². The maximum atomic E-state index is 13.2. The minimum absolute atomic E-state index is 0.123. The lowest BCUT2D eigenvalue weighted by Crippen LogP contribution is -2.73. The molecule has 4 heterocycles. The number of amides is 3. The van der Waals surface area contributed by atoms with Gasteiger partial charge in [0.05, 0.1) is 0 Å². The van der Waals surface area contributed by atoms with E-state index in [1.54, 1.807) is 4.90 Å². The zero-order valence-corrected chi connectivity index (χ0v) is 20.3. The summed E-state index contributed by atoms with van der Waals surface area (Å²) in [6.07, 6.45) is 5.61. The lowest BCUT2D eigenvalue weighted by molar-refractivity contribution is -0.160. The number of benzene rings is 2. The molecule has 7 nitrogen and oxygen atoms in total. The van der Waals surface area contributed by atoms with Crippen LogP contribution in [0.3, 0.4) is 0 Å². The number of rotatable bonds is 5. The second kappa shape index (κ2) is 8.17. The summed E-state index contributed by atoms with van der Waals surface area (Å²) in [6.45, 7) is 2.55. The van der Waals surface area contributed by atoms with E-state index in [2.05, 4.69) is 40.5 Å². The van der Waals surface area contributed by atoms with E-state index in [9.17, 15) is 14.4 Å². The molecule has 2 aliphatic carbocycles. The first-order valence-electron chi connectivity index (χ1n) is 13.3. The molecule has 186 valence electrons. The van der Waals surface area contributed by atoms with Crippen LogP contribution >= 0.6 is 0 Å². The number of imide groups is 1. The summed E-state index contributed by atoms with van der Waals surface area (Å²) in [6, 6.07) is 16.9. The summed E-state index contributed by atoms with van der Waals surface area (Å²) in [5.74, 6) is 0.574. The molecule has 0 radical (unpaired) electrons. The Morgan fingerprint density at radius 3 is 2.47 bits per heavy atom. The molecule has 0 spiro atoms. The van der Waals surface area contributed by atoms with Gasteiger partial charge in [-0.2, -0.15) is 0 Å². The monoisotopic (exact) mass is 485 g/mol. The van der Waals surface area contributed by atoms with Gasteiger partial charge in [-0.15, -0.1) is 0 Å². The zero-order valence-electron chi connectivity index (χ0n) is 20.3. The van der Waals surface area contributed by atoms with E-state index in [1.807, 2.05) is 18.2 Å². The highest BCUT2D eigenvalue weighted by Crippen LogP contribution is 2.49. The highest BCUT2D eigenvalue weighted by Gasteiger charge is 2.63. The SMILES string of the molecule is O=C1NC(=O)C2(N3Cc4cc(O[C@@H]5CCCC[C@H]5N5CC(c6ccccc6)C5)ccc4C3=O)CC1C2. The molecular formula is C29H31N3O4. The smallest absolute Gasteiger partial charge is 0.255 e. The van der Waals surface area contributed by atoms with E-state index < -0.39 is 5.54 Å². The number of ether oxygens (including phenoxy) is 1. The van der Waals surface area contributed by atoms with Crippen molar-refractivity contribution in [1.29, 1.82) is 0 Å². The quantitative estimate of drug-likeness (QED) is 0.658. The van der Waals surface area contributed by atoms with Gasteiger partial charge in [0.2, 0.25) is 5.91 Å². The van der Waals surface area contributed by atoms with Gasteiger partial charge in [0, 0.05) is 43.1 Å². The highest BCUT2D eigenvalue weighted by atomic mass is 16.5. The number of hydrogen-bond donors (Lipinski definition) is 1. The fourth-order valence-corrected chi connectivity index (χ4v) is 7.04. The van der Waals surface area contributed by atoms with Crippen molar-refractivity contribution in [1.82, 2.24) is 15.1 Å². The van der Waals surface area contributed by atoms with E-state index in [4.69, 9.17) is 4.74 Å². The molecule has 6 aliphatic rings. The molecule has 0 unspecified atom stereocenters. The van der Waals surface area contributed by atoms with E-state index >= 15 is 0 Å². The van der Waals surface area contributed by atoms with Crippen molar-refractivity contribution >= 4 is 17.7 Å². The fraction of sp³-hybridized carbons (Fsp3) is 0.483. The minimum atomic E-state index is -0.878. The Kier molecular flexibility index (Phi) is 5.00. The van der Waals surface area contributed by atoms with E-state index in [0.717, 1.165) is 37.2 Å². The van der Waals surface area contributed by atoms with Gasteiger partial charge in [0.25, 0.3) is 11.8 Å². The number of nitrogens with zero attached hydrogens (tertiary/aromatic N) is 2. The molecule has 2 saturated carbocycles. The average Bonchev–Trinajstić information content (AvgIpc) is 3.15. The summed E-state index contributed by atoms with van der Waals surface area (Å²) < 4.78 is 6.58. The van der Waals surface area contributed by atoms with Crippen molar-refractivity contribution in [2.45, 2.75) is 68.7 Å². The second-order valence-corrected chi connectivity index (χ2v) is 11.2. The van der Waals surface area contributed by atoms with Crippen LogP contribution in [-0.4, -0.2) is 58.3 Å². The number of hydrogen-bond acceptors (Lipinski definition) is 5. The molecule has 2 bridgehead atoms. The van der Waals surface area contributed by atoms with Gasteiger partial charge in [-0.25, -0.2) is 0 Å². The third-order valence-electron chi connectivity index (χ3n) is 9.20. The summed E-state index contributed by atoms with van der Waals surface area (Å²) in [4.78, 5) is 42.0. The van der Waals surface area contributed by atoms with E-state index in [1.165, 1.54) is 18.4 Å². The zero-order chi connectivity index (χ0) is 24.4. The number of piperidine rings is 2. The van der Waals surface area contributed by atoms with Crippen LogP contribution in [0.4, 0.5) is 0 Å².